The molecule has 1 aliphatic carbocycles. The molecule has 186 valence electrons. The maximum atomic E-state index is 12.2. The van der Waals surface area contributed by atoms with E-state index in [1.807, 2.05) is 0 Å². The summed E-state index contributed by atoms with van der Waals surface area (Å²) in [4.78, 5) is 45.9. The number of anilines is 2. The Morgan fingerprint density at radius 2 is 1.71 bits per heavy atom. The fourth-order valence-electron chi connectivity index (χ4n) is 3.93. The van der Waals surface area contributed by atoms with E-state index in [9.17, 15) is 29.8 Å². The quantitative estimate of drug-likeness (QED) is 0.387. The van der Waals surface area contributed by atoms with Gasteiger partial charge in [0.05, 0.1) is 16.4 Å². The number of nitrogens with one attached hydrogen (secondary N) is 2. The number of nitrogens with zero attached hydrogens (tertiary/aromatic N) is 2. The third-order valence-electron chi connectivity index (χ3n) is 5.84. The first-order chi connectivity index (χ1) is 16.7. The van der Waals surface area contributed by atoms with Crippen molar-refractivity contribution in [3.63, 3.8) is 0 Å². The number of ether oxygens (including phenoxy) is 2. The lowest BCUT2D eigenvalue weighted by molar-refractivity contribution is -0.536. The van der Waals surface area contributed by atoms with Crippen molar-refractivity contribution >= 4 is 29.2 Å². The van der Waals surface area contributed by atoms with E-state index in [-0.39, 0.29) is 35.3 Å². The summed E-state index contributed by atoms with van der Waals surface area (Å²) in [6.07, 6.45) is 1.18. The number of amides is 2. The smallest absolute Gasteiger partial charge is 0.411 e. The van der Waals surface area contributed by atoms with Gasteiger partial charge in [-0.15, -0.1) is 0 Å². The zero-order valence-electron chi connectivity index (χ0n) is 19.1. The van der Waals surface area contributed by atoms with Gasteiger partial charge in [-0.1, -0.05) is 24.6 Å². The number of nitro benzene ring substituents is 1. The summed E-state index contributed by atoms with van der Waals surface area (Å²) in [5.74, 6) is -0.324. The second kappa shape index (κ2) is 11.8. The summed E-state index contributed by atoms with van der Waals surface area (Å²) in [6, 6.07) is 10.0. The highest BCUT2D eigenvalue weighted by Gasteiger charge is 2.34. The number of carbonyl (C=O) groups is 2. The number of benzene rings is 2. The minimum Gasteiger partial charge on any atom is -0.449 e. The Labute approximate surface area is 200 Å². The second-order valence-corrected chi connectivity index (χ2v) is 8.24. The first-order valence-corrected chi connectivity index (χ1v) is 11.1. The summed E-state index contributed by atoms with van der Waals surface area (Å²) in [5.41, 5.74) is 1.47. The van der Waals surface area contributed by atoms with Gasteiger partial charge >= 0.3 is 12.2 Å². The number of aryl methyl sites for hydroxylation is 1. The molecule has 2 unspecified atom stereocenters. The summed E-state index contributed by atoms with van der Waals surface area (Å²) in [7, 11) is 0. The average molecular weight is 486 g/mol. The Morgan fingerprint density at radius 1 is 1.00 bits per heavy atom. The Hall–Kier alpha value is -4.22. The second-order valence-electron chi connectivity index (χ2n) is 8.24. The van der Waals surface area contributed by atoms with Crippen molar-refractivity contribution in [1.82, 2.24) is 0 Å². The van der Waals surface area contributed by atoms with Gasteiger partial charge in [0, 0.05) is 28.8 Å². The van der Waals surface area contributed by atoms with Gasteiger partial charge < -0.3 is 9.47 Å². The monoisotopic (exact) mass is 486 g/mol. The Bertz CT molecular complexity index is 1110. The number of hydrogen-bond donors (Lipinski definition) is 2. The minimum atomic E-state index is -0.825. The molecule has 2 aromatic rings. The summed E-state index contributed by atoms with van der Waals surface area (Å²) in [6.45, 7) is 1.39. The zero-order valence-corrected chi connectivity index (χ0v) is 19.1. The fraction of sp³-hybridized carbons (Fsp3) is 0.391. The van der Waals surface area contributed by atoms with Crippen LogP contribution in [0.25, 0.3) is 0 Å². The molecular formula is C23H26N4O8. The number of hydrogen-bond acceptors (Lipinski definition) is 8. The van der Waals surface area contributed by atoms with Crippen molar-refractivity contribution in [2.75, 3.05) is 17.2 Å². The van der Waals surface area contributed by atoms with E-state index in [0.29, 0.717) is 29.8 Å². The van der Waals surface area contributed by atoms with E-state index in [0.717, 1.165) is 12.8 Å². The number of para-hydroxylation sites is 1. The lowest BCUT2D eigenvalue weighted by Crippen LogP contribution is -2.36. The number of rotatable bonds is 8. The van der Waals surface area contributed by atoms with Crippen molar-refractivity contribution in [2.45, 2.75) is 45.3 Å². The predicted molar refractivity (Wildman–Crippen MR) is 126 cm³/mol. The molecule has 1 fully saturated rings. The molecule has 0 radical (unpaired) electrons. The van der Waals surface area contributed by atoms with Crippen molar-refractivity contribution in [3.8, 4) is 0 Å². The van der Waals surface area contributed by atoms with Crippen LogP contribution in [0.5, 0.6) is 0 Å². The van der Waals surface area contributed by atoms with Crippen LogP contribution in [0.1, 0.15) is 36.8 Å². The van der Waals surface area contributed by atoms with Gasteiger partial charge in [0.1, 0.15) is 13.2 Å². The first-order valence-electron chi connectivity index (χ1n) is 11.1. The molecule has 2 amide bonds. The van der Waals surface area contributed by atoms with E-state index in [4.69, 9.17) is 9.47 Å². The first kappa shape index (κ1) is 25.4. The molecule has 0 bridgehead atoms. The summed E-state index contributed by atoms with van der Waals surface area (Å²) < 4.78 is 10.3. The lowest BCUT2D eigenvalue weighted by atomic mass is 9.85. The van der Waals surface area contributed by atoms with E-state index < -0.39 is 23.2 Å². The highest BCUT2D eigenvalue weighted by Crippen LogP contribution is 2.27. The molecule has 2 atom stereocenters. The fourth-order valence-corrected chi connectivity index (χ4v) is 3.93. The van der Waals surface area contributed by atoms with E-state index >= 15 is 0 Å². The average Bonchev–Trinajstić information content (AvgIpc) is 2.83. The van der Waals surface area contributed by atoms with Gasteiger partial charge in [-0.25, -0.2) is 9.59 Å². The van der Waals surface area contributed by atoms with Crippen molar-refractivity contribution < 1.29 is 28.9 Å². The van der Waals surface area contributed by atoms with Crippen LogP contribution < -0.4 is 10.6 Å². The molecule has 0 saturated heterocycles. The molecule has 12 nitrogen and oxygen atoms in total. The van der Waals surface area contributed by atoms with E-state index in [1.165, 1.54) is 24.3 Å². The van der Waals surface area contributed by atoms with E-state index in [2.05, 4.69) is 10.6 Å². The van der Waals surface area contributed by atoms with Gasteiger partial charge in [0.25, 0.3) is 5.69 Å². The maximum absolute atomic E-state index is 12.2. The number of nitro groups is 2. The molecule has 1 saturated carbocycles. The molecule has 3 rings (SSSR count). The molecule has 2 N–H and O–H groups in total. The summed E-state index contributed by atoms with van der Waals surface area (Å²) in [5, 5.41) is 27.4. The zero-order chi connectivity index (χ0) is 25.4. The van der Waals surface area contributed by atoms with Crippen LogP contribution in [0.4, 0.5) is 26.7 Å². The molecule has 2 aromatic carbocycles. The SMILES string of the molecule is Cc1ccc(NC(=O)OCC2CCCCC2[N+](=O)[O-])cc1NC(=O)OCc1ccccc1[N+](=O)[O-]. The molecule has 1 aliphatic rings. The van der Waals surface area contributed by atoms with E-state index in [1.54, 1.807) is 25.1 Å². The number of carbonyl (C=O) groups excluding carboxylic acids is 2. The van der Waals surface area contributed by atoms with Crippen LogP contribution >= 0.6 is 0 Å². The van der Waals surface area contributed by atoms with Crippen LogP contribution in [0.2, 0.25) is 0 Å². The molecule has 0 spiro atoms. The molecule has 35 heavy (non-hydrogen) atoms. The van der Waals surface area contributed by atoms with Gasteiger partial charge in [-0.05, 0) is 43.5 Å². The van der Waals surface area contributed by atoms with Gasteiger partial charge in [-0.2, -0.15) is 0 Å². The minimum absolute atomic E-state index is 0.0492. The molecule has 0 aliphatic heterocycles. The highest BCUT2D eigenvalue weighted by molar-refractivity contribution is 5.89. The molecule has 0 aromatic heterocycles. The Morgan fingerprint density at radius 3 is 2.46 bits per heavy atom. The maximum Gasteiger partial charge on any atom is 0.411 e. The molecule has 12 heteroatoms. The normalized spacial score (nSPS) is 17.2. The van der Waals surface area contributed by atoms with Crippen LogP contribution in [0, 0.1) is 33.1 Å². The summed E-state index contributed by atoms with van der Waals surface area (Å²) >= 11 is 0. The predicted octanol–water partition coefficient (Wildman–Crippen LogP) is 5.04. The van der Waals surface area contributed by atoms with Gasteiger partial charge in [0.2, 0.25) is 6.04 Å². The molecule has 0 heterocycles. The highest BCUT2D eigenvalue weighted by atomic mass is 16.6. The van der Waals surface area contributed by atoms with Gasteiger partial charge in [0.15, 0.2) is 0 Å². The van der Waals surface area contributed by atoms with Crippen molar-refractivity contribution in [2.24, 2.45) is 5.92 Å². The third-order valence-corrected chi connectivity index (χ3v) is 5.84. The lowest BCUT2D eigenvalue weighted by Gasteiger charge is -2.24. The van der Waals surface area contributed by atoms with Crippen LogP contribution in [0.3, 0.4) is 0 Å². The topological polar surface area (TPSA) is 163 Å². The molecular weight excluding hydrogens is 460 g/mol. The van der Waals surface area contributed by atoms with Crippen LogP contribution in [-0.4, -0.2) is 34.7 Å². The van der Waals surface area contributed by atoms with Gasteiger partial charge in [-0.3, -0.25) is 30.9 Å². The van der Waals surface area contributed by atoms with Crippen LogP contribution in [0.15, 0.2) is 42.5 Å². The Kier molecular flexibility index (Phi) is 8.54. The Balaban J connectivity index is 1.54. The largest absolute Gasteiger partial charge is 0.449 e. The standard InChI is InChI=1S/C23H26N4O8/c1-15-10-11-18(24-22(28)34-13-16-6-2-4-8-20(16)26(30)31)12-19(15)25-23(29)35-14-17-7-3-5-9-21(17)27(32)33/h3,5,7,9-12,16,20H,2,4,6,8,13-14H2,1H3,(H,24,28)(H,25,29). The third kappa shape index (κ3) is 7.13. The van der Waals surface area contributed by atoms with Crippen LogP contribution in [-0.2, 0) is 16.1 Å². The van der Waals surface area contributed by atoms with Crippen molar-refractivity contribution in [3.05, 3.63) is 73.8 Å². The van der Waals surface area contributed by atoms with Crippen molar-refractivity contribution in [1.29, 1.82) is 0 Å².